The zero-order chi connectivity index (χ0) is 18.9. The molecule has 0 bridgehead atoms. The number of hydrogen-bond donors (Lipinski definition) is 1. The zero-order valence-corrected chi connectivity index (χ0v) is 14.6. The monoisotopic (exact) mass is 367 g/mol. The molecule has 0 unspecified atom stereocenters. The number of nitriles is 2. The summed E-state index contributed by atoms with van der Waals surface area (Å²) in [7, 11) is 1.46. The molecule has 0 heterocycles. The van der Waals surface area contributed by atoms with Crippen molar-refractivity contribution in [1.82, 2.24) is 0 Å². The summed E-state index contributed by atoms with van der Waals surface area (Å²) in [5.74, 6) is 0.389. The molecule has 0 aromatic heterocycles. The predicted molar refractivity (Wildman–Crippen MR) is 97.8 cm³/mol. The number of carbonyl (C=O) groups excluding carboxylic acids is 1. The largest absolute Gasteiger partial charge is 0.493 e. The van der Waals surface area contributed by atoms with Crippen molar-refractivity contribution in [2.45, 2.75) is 0 Å². The van der Waals surface area contributed by atoms with Crippen LogP contribution in [0, 0.1) is 22.7 Å². The van der Waals surface area contributed by atoms with Crippen LogP contribution in [0.5, 0.6) is 11.5 Å². The second kappa shape index (κ2) is 9.12. The summed E-state index contributed by atoms with van der Waals surface area (Å²) in [5.41, 5.74) is 1.15. The molecule has 0 atom stereocenters. The molecular formula is C19H14ClN3O3. The van der Waals surface area contributed by atoms with Gasteiger partial charge in [0.25, 0.3) is 5.91 Å². The average Bonchev–Trinajstić information content (AvgIpc) is 2.64. The van der Waals surface area contributed by atoms with E-state index in [1.54, 1.807) is 54.6 Å². The third kappa shape index (κ3) is 5.27. The number of anilines is 1. The second-order valence-electron chi connectivity index (χ2n) is 5.04. The smallest absolute Gasteiger partial charge is 0.262 e. The lowest BCUT2D eigenvalue weighted by molar-refractivity contribution is -0.118. The molecule has 26 heavy (non-hydrogen) atoms. The highest BCUT2D eigenvalue weighted by atomic mass is 35.5. The Balaban J connectivity index is 2.05. The van der Waals surface area contributed by atoms with Gasteiger partial charge in [0, 0.05) is 10.7 Å². The highest BCUT2D eigenvalue weighted by Crippen LogP contribution is 2.29. The van der Waals surface area contributed by atoms with Gasteiger partial charge in [0.15, 0.2) is 18.1 Å². The van der Waals surface area contributed by atoms with E-state index in [9.17, 15) is 4.79 Å². The molecule has 1 N–H and O–H groups in total. The summed E-state index contributed by atoms with van der Waals surface area (Å²) in [6.45, 7) is -0.223. The molecule has 2 aromatic rings. The Kier molecular flexibility index (Phi) is 6.61. The molecule has 7 heteroatoms. The van der Waals surface area contributed by atoms with Crippen molar-refractivity contribution in [2.75, 3.05) is 19.0 Å². The molecule has 0 aliphatic carbocycles. The van der Waals surface area contributed by atoms with E-state index in [0.29, 0.717) is 27.8 Å². The molecule has 0 radical (unpaired) electrons. The molecule has 130 valence electrons. The normalized spacial score (nSPS) is 9.38. The van der Waals surface area contributed by atoms with Crippen molar-refractivity contribution < 1.29 is 14.3 Å². The van der Waals surface area contributed by atoms with Gasteiger partial charge in [0.2, 0.25) is 0 Å². The van der Waals surface area contributed by atoms with Crippen LogP contribution in [0.1, 0.15) is 5.56 Å². The number of carbonyl (C=O) groups is 1. The Bertz CT molecular complexity index is 910. The Labute approximate surface area is 155 Å². The number of methoxy groups -OCH3 is 1. The highest BCUT2D eigenvalue weighted by Gasteiger charge is 2.09. The summed E-state index contributed by atoms with van der Waals surface area (Å²) in [4.78, 5) is 12.0. The molecule has 2 aromatic carbocycles. The fourth-order valence-electron chi connectivity index (χ4n) is 2.06. The van der Waals surface area contributed by atoms with Gasteiger partial charge in [-0.25, -0.2) is 0 Å². The quantitative estimate of drug-likeness (QED) is 0.783. The van der Waals surface area contributed by atoms with Gasteiger partial charge in [-0.3, -0.25) is 4.79 Å². The van der Waals surface area contributed by atoms with Gasteiger partial charge in [-0.1, -0.05) is 23.7 Å². The number of nitrogens with one attached hydrogen (secondary N) is 1. The number of nitrogens with zero attached hydrogens (tertiary/aromatic N) is 2. The molecule has 6 nitrogen and oxygen atoms in total. The molecule has 0 fully saturated rings. The summed E-state index contributed by atoms with van der Waals surface area (Å²) in [6, 6.07) is 15.2. The van der Waals surface area contributed by atoms with Crippen LogP contribution in [0.4, 0.5) is 5.69 Å². The fourth-order valence-corrected chi connectivity index (χ4v) is 2.25. The Morgan fingerprint density at radius 2 is 1.96 bits per heavy atom. The van der Waals surface area contributed by atoms with Gasteiger partial charge in [-0.05, 0) is 42.0 Å². The highest BCUT2D eigenvalue weighted by molar-refractivity contribution is 6.30. The molecule has 0 saturated heterocycles. The molecule has 2 rings (SSSR count). The number of ether oxygens (including phenoxy) is 2. The van der Waals surface area contributed by atoms with Crippen LogP contribution in [0.3, 0.4) is 0 Å². The van der Waals surface area contributed by atoms with Crippen LogP contribution in [0.2, 0.25) is 5.02 Å². The van der Waals surface area contributed by atoms with E-state index < -0.39 is 0 Å². The Hall–Kier alpha value is -3.48. The van der Waals surface area contributed by atoms with Crippen LogP contribution < -0.4 is 14.8 Å². The lowest BCUT2D eigenvalue weighted by Gasteiger charge is -2.11. The van der Waals surface area contributed by atoms with Crippen LogP contribution in [0.25, 0.3) is 6.08 Å². The number of amides is 1. The zero-order valence-electron chi connectivity index (χ0n) is 13.8. The van der Waals surface area contributed by atoms with E-state index in [1.807, 2.05) is 0 Å². The van der Waals surface area contributed by atoms with Crippen LogP contribution in [-0.2, 0) is 4.79 Å². The summed E-state index contributed by atoms with van der Waals surface area (Å²) >= 11 is 5.87. The second-order valence-corrected chi connectivity index (χ2v) is 5.48. The first kappa shape index (κ1) is 18.9. The molecule has 0 aliphatic rings. The first-order chi connectivity index (χ1) is 12.5. The number of allylic oxidation sites excluding steroid dienone is 1. The first-order valence-electron chi connectivity index (χ1n) is 7.44. The standard InChI is InChI=1S/C19H14ClN3O3/c1-25-18-8-13(7-14(10-21)11-22)5-6-17(18)26-12-19(24)23-16-4-2-3-15(20)9-16/h2-9H,12H2,1H3,(H,23,24). The van der Waals surface area contributed by atoms with E-state index in [2.05, 4.69) is 5.32 Å². The minimum Gasteiger partial charge on any atom is -0.493 e. The van der Waals surface area contributed by atoms with E-state index in [0.717, 1.165) is 0 Å². The third-order valence-electron chi connectivity index (χ3n) is 3.21. The van der Waals surface area contributed by atoms with Gasteiger partial charge in [0.1, 0.15) is 17.7 Å². The minimum absolute atomic E-state index is 0.0263. The SMILES string of the molecule is COc1cc(C=C(C#N)C#N)ccc1OCC(=O)Nc1cccc(Cl)c1. The van der Waals surface area contributed by atoms with Gasteiger partial charge in [-0.15, -0.1) is 0 Å². The summed E-state index contributed by atoms with van der Waals surface area (Å²) in [5, 5.41) is 20.8. The maximum atomic E-state index is 12.0. The maximum Gasteiger partial charge on any atom is 0.262 e. The average molecular weight is 368 g/mol. The van der Waals surface area contributed by atoms with Crippen molar-refractivity contribution in [2.24, 2.45) is 0 Å². The van der Waals surface area contributed by atoms with Crippen molar-refractivity contribution in [1.29, 1.82) is 10.5 Å². The van der Waals surface area contributed by atoms with Crippen molar-refractivity contribution in [3.05, 3.63) is 58.6 Å². The van der Waals surface area contributed by atoms with E-state index in [-0.39, 0.29) is 18.1 Å². The van der Waals surface area contributed by atoms with Crippen molar-refractivity contribution in [3.8, 4) is 23.6 Å². The Morgan fingerprint density at radius 1 is 1.19 bits per heavy atom. The summed E-state index contributed by atoms with van der Waals surface area (Å²) < 4.78 is 10.7. The van der Waals surface area contributed by atoms with Gasteiger partial charge in [0.05, 0.1) is 7.11 Å². The third-order valence-corrected chi connectivity index (χ3v) is 3.44. The molecule has 1 amide bonds. The molecule has 0 saturated carbocycles. The van der Waals surface area contributed by atoms with E-state index in [4.69, 9.17) is 31.6 Å². The molecule has 0 spiro atoms. The number of benzene rings is 2. The van der Waals surface area contributed by atoms with E-state index in [1.165, 1.54) is 13.2 Å². The van der Waals surface area contributed by atoms with Crippen molar-refractivity contribution >= 4 is 29.3 Å². The Morgan fingerprint density at radius 3 is 2.62 bits per heavy atom. The van der Waals surface area contributed by atoms with Crippen LogP contribution in [-0.4, -0.2) is 19.6 Å². The molecule has 0 aliphatic heterocycles. The minimum atomic E-state index is -0.352. The first-order valence-corrected chi connectivity index (χ1v) is 7.81. The number of rotatable bonds is 6. The van der Waals surface area contributed by atoms with E-state index >= 15 is 0 Å². The van der Waals surface area contributed by atoms with Gasteiger partial charge < -0.3 is 14.8 Å². The number of halogens is 1. The topological polar surface area (TPSA) is 95.1 Å². The van der Waals surface area contributed by atoms with Crippen LogP contribution >= 0.6 is 11.6 Å². The fraction of sp³-hybridized carbons (Fsp3) is 0.105. The van der Waals surface area contributed by atoms with Crippen LogP contribution in [0.15, 0.2) is 48.0 Å². The lowest BCUT2D eigenvalue weighted by Crippen LogP contribution is -2.20. The predicted octanol–water partition coefficient (Wildman–Crippen LogP) is 3.80. The lowest BCUT2D eigenvalue weighted by atomic mass is 10.1. The number of hydrogen-bond acceptors (Lipinski definition) is 5. The summed E-state index contributed by atoms with van der Waals surface area (Å²) in [6.07, 6.45) is 1.43. The van der Waals surface area contributed by atoms with Crippen molar-refractivity contribution in [3.63, 3.8) is 0 Å². The molecular weight excluding hydrogens is 354 g/mol. The van der Waals surface area contributed by atoms with Gasteiger partial charge >= 0.3 is 0 Å². The van der Waals surface area contributed by atoms with Gasteiger partial charge in [-0.2, -0.15) is 10.5 Å². The maximum absolute atomic E-state index is 12.0.